The number of carboxylic acid groups (broad SMARTS) is 2. The van der Waals surface area contributed by atoms with Crippen molar-refractivity contribution in [3.63, 3.8) is 0 Å². The van der Waals surface area contributed by atoms with Crippen LogP contribution >= 0.6 is 0 Å². The maximum absolute atomic E-state index is 10.7. The summed E-state index contributed by atoms with van der Waals surface area (Å²) in [6.07, 6.45) is 2.45. The van der Waals surface area contributed by atoms with Crippen LogP contribution in [-0.4, -0.2) is 29.3 Å². The van der Waals surface area contributed by atoms with E-state index < -0.39 is 11.9 Å². The predicted molar refractivity (Wildman–Crippen MR) is 79.7 cm³/mol. The number of aliphatic carboxylic acids is 1. The number of methoxy groups -OCH3 is 1. The lowest BCUT2D eigenvalue weighted by atomic mass is 10.2. The molecular weight excluding hydrogens is 304 g/mol. The molecule has 0 spiro atoms. The van der Waals surface area contributed by atoms with Crippen molar-refractivity contribution in [2.24, 2.45) is 0 Å². The van der Waals surface area contributed by atoms with Crippen LogP contribution in [0, 0.1) is 0 Å². The van der Waals surface area contributed by atoms with E-state index >= 15 is 0 Å². The third-order valence-electron chi connectivity index (χ3n) is 2.85. The van der Waals surface area contributed by atoms with Gasteiger partial charge in [0.2, 0.25) is 5.76 Å². The smallest absolute Gasteiger partial charge is 0.371 e. The first kappa shape index (κ1) is 16.2. The van der Waals surface area contributed by atoms with E-state index in [2.05, 4.69) is 0 Å². The molecule has 0 radical (unpaired) electrons. The molecule has 23 heavy (non-hydrogen) atoms. The van der Waals surface area contributed by atoms with E-state index in [1.807, 2.05) is 0 Å². The molecule has 2 rings (SSSR count). The fraction of sp³-hybridized carbons (Fsp3) is 0.125. The molecule has 0 saturated heterocycles. The van der Waals surface area contributed by atoms with Crippen molar-refractivity contribution in [2.45, 2.75) is 6.61 Å². The average Bonchev–Trinajstić information content (AvgIpc) is 3.00. The summed E-state index contributed by atoms with van der Waals surface area (Å²) in [5, 5.41) is 17.4. The Labute approximate surface area is 131 Å². The number of rotatable bonds is 7. The van der Waals surface area contributed by atoms with Crippen LogP contribution in [0.3, 0.4) is 0 Å². The summed E-state index contributed by atoms with van der Waals surface area (Å²) in [5.74, 6) is -1.15. The van der Waals surface area contributed by atoms with Gasteiger partial charge in [-0.05, 0) is 35.9 Å². The summed E-state index contributed by atoms with van der Waals surface area (Å²) >= 11 is 0. The van der Waals surface area contributed by atoms with Crippen molar-refractivity contribution in [1.29, 1.82) is 0 Å². The Balaban J connectivity index is 2.09. The molecule has 0 aliphatic rings. The molecule has 7 nitrogen and oxygen atoms in total. The maximum atomic E-state index is 10.7. The molecule has 2 N–H and O–H groups in total. The predicted octanol–water partition coefficient (Wildman–Crippen LogP) is 2.66. The number of aromatic carboxylic acids is 1. The van der Waals surface area contributed by atoms with Crippen molar-refractivity contribution in [3.05, 3.63) is 53.5 Å². The zero-order valence-corrected chi connectivity index (χ0v) is 12.2. The van der Waals surface area contributed by atoms with Crippen molar-refractivity contribution >= 4 is 18.0 Å². The molecule has 0 bridgehead atoms. The third-order valence-corrected chi connectivity index (χ3v) is 2.85. The quantitative estimate of drug-likeness (QED) is 0.756. The molecule has 0 saturated carbocycles. The first-order valence-electron chi connectivity index (χ1n) is 6.53. The maximum Gasteiger partial charge on any atom is 0.371 e. The second kappa shape index (κ2) is 7.17. The van der Waals surface area contributed by atoms with Gasteiger partial charge in [0.25, 0.3) is 0 Å². The highest BCUT2D eigenvalue weighted by Crippen LogP contribution is 2.29. The Morgan fingerprint density at radius 1 is 1.17 bits per heavy atom. The monoisotopic (exact) mass is 318 g/mol. The van der Waals surface area contributed by atoms with Gasteiger partial charge in [-0.2, -0.15) is 0 Å². The fourth-order valence-corrected chi connectivity index (χ4v) is 1.79. The number of carboxylic acids is 2. The normalized spacial score (nSPS) is 10.7. The molecule has 0 aliphatic carbocycles. The molecule has 0 atom stereocenters. The highest BCUT2D eigenvalue weighted by molar-refractivity contribution is 5.85. The standard InChI is InChI=1S/C16H14O7/c1-21-14-8-10(3-7-15(17)18)2-5-12(14)22-9-11-4-6-13(23-11)16(19)20/h2-8H,9H2,1H3,(H,17,18)(H,19,20)/b7-3+. The van der Waals surface area contributed by atoms with E-state index in [0.29, 0.717) is 22.8 Å². The molecule has 120 valence electrons. The van der Waals surface area contributed by atoms with Crippen LogP contribution in [0.25, 0.3) is 6.08 Å². The van der Waals surface area contributed by atoms with Crippen molar-refractivity contribution < 1.29 is 33.7 Å². The van der Waals surface area contributed by atoms with Gasteiger partial charge in [-0.1, -0.05) is 6.07 Å². The molecule has 2 aromatic rings. The molecule has 0 fully saturated rings. The summed E-state index contributed by atoms with van der Waals surface area (Å²) < 4.78 is 15.8. The second-order valence-corrected chi connectivity index (χ2v) is 4.44. The van der Waals surface area contributed by atoms with Crippen LogP contribution in [-0.2, 0) is 11.4 Å². The minimum absolute atomic E-state index is 0.0357. The van der Waals surface area contributed by atoms with Gasteiger partial charge in [0, 0.05) is 6.08 Å². The van der Waals surface area contributed by atoms with E-state index in [4.69, 9.17) is 24.1 Å². The molecule has 0 unspecified atom stereocenters. The first-order valence-corrected chi connectivity index (χ1v) is 6.53. The van der Waals surface area contributed by atoms with Gasteiger partial charge in [-0.25, -0.2) is 9.59 Å². The highest BCUT2D eigenvalue weighted by Gasteiger charge is 2.11. The van der Waals surface area contributed by atoms with E-state index in [1.54, 1.807) is 18.2 Å². The van der Waals surface area contributed by atoms with Crippen molar-refractivity contribution in [3.8, 4) is 11.5 Å². The largest absolute Gasteiger partial charge is 0.493 e. The summed E-state index contributed by atoms with van der Waals surface area (Å²) in [7, 11) is 1.46. The van der Waals surface area contributed by atoms with Crippen molar-refractivity contribution in [1.82, 2.24) is 0 Å². The van der Waals surface area contributed by atoms with Crippen LogP contribution in [0.1, 0.15) is 21.9 Å². The molecule has 7 heteroatoms. The van der Waals surface area contributed by atoms with Gasteiger partial charge in [0.1, 0.15) is 12.4 Å². The number of hydrogen-bond acceptors (Lipinski definition) is 5. The minimum atomic E-state index is -1.15. The fourth-order valence-electron chi connectivity index (χ4n) is 1.79. The average molecular weight is 318 g/mol. The van der Waals surface area contributed by atoms with Crippen LogP contribution in [0.5, 0.6) is 11.5 Å². The van der Waals surface area contributed by atoms with Crippen LogP contribution in [0.4, 0.5) is 0 Å². The van der Waals surface area contributed by atoms with Crippen LogP contribution < -0.4 is 9.47 Å². The summed E-state index contributed by atoms with van der Waals surface area (Å²) in [6, 6.07) is 7.78. The van der Waals surface area contributed by atoms with Gasteiger partial charge in [-0.3, -0.25) is 0 Å². The van der Waals surface area contributed by atoms with Crippen molar-refractivity contribution in [2.75, 3.05) is 7.11 Å². The van der Waals surface area contributed by atoms with Gasteiger partial charge >= 0.3 is 11.9 Å². The molecule has 1 heterocycles. The zero-order valence-electron chi connectivity index (χ0n) is 12.2. The topological polar surface area (TPSA) is 106 Å². The summed E-state index contributed by atoms with van der Waals surface area (Å²) in [6.45, 7) is 0.0357. The van der Waals surface area contributed by atoms with Gasteiger partial charge in [0.05, 0.1) is 7.11 Å². The first-order chi connectivity index (χ1) is 11.0. The Morgan fingerprint density at radius 2 is 1.96 bits per heavy atom. The summed E-state index contributed by atoms with van der Waals surface area (Å²) in [4.78, 5) is 21.2. The number of carbonyl (C=O) groups is 2. The van der Waals surface area contributed by atoms with Gasteiger partial charge in [0.15, 0.2) is 11.5 Å². The zero-order chi connectivity index (χ0) is 16.8. The van der Waals surface area contributed by atoms with Crippen LogP contribution in [0.2, 0.25) is 0 Å². The number of furan rings is 1. The van der Waals surface area contributed by atoms with Crippen LogP contribution in [0.15, 0.2) is 40.8 Å². The number of benzene rings is 1. The molecule has 1 aromatic heterocycles. The molecule has 1 aromatic carbocycles. The lowest BCUT2D eigenvalue weighted by molar-refractivity contribution is -0.131. The van der Waals surface area contributed by atoms with Gasteiger partial charge < -0.3 is 24.1 Å². The van der Waals surface area contributed by atoms with E-state index in [9.17, 15) is 9.59 Å². The Bertz CT molecular complexity index is 743. The SMILES string of the molecule is COc1cc(/C=C/C(=O)O)ccc1OCc1ccc(C(=O)O)o1. The number of hydrogen-bond donors (Lipinski definition) is 2. The second-order valence-electron chi connectivity index (χ2n) is 4.44. The number of ether oxygens (including phenoxy) is 2. The third kappa shape index (κ3) is 4.37. The highest BCUT2D eigenvalue weighted by atomic mass is 16.5. The molecule has 0 aliphatic heterocycles. The Kier molecular flexibility index (Phi) is 5.03. The van der Waals surface area contributed by atoms with E-state index in [0.717, 1.165) is 6.08 Å². The van der Waals surface area contributed by atoms with E-state index in [1.165, 1.54) is 25.3 Å². The Hall–Kier alpha value is -3.22. The lowest BCUT2D eigenvalue weighted by Gasteiger charge is -2.10. The molecule has 0 amide bonds. The van der Waals surface area contributed by atoms with E-state index in [-0.39, 0.29) is 12.4 Å². The summed E-state index contributed by atoms with van der Waals surface area (Å²) in [5.41, 5.74) is 0.641. The Morgan fingerprint density at radius 3 is 2.57 bits per heavy atom. The lowest BCUT2D eigenvalue weighted by Crippen LogP contribution is -1.97. The minimum Gasteiger partial charge on any atom is -0.493 e. The van der Waals surface area contributed by atoms with Gasteiger partial charge in [-0.15, -0.1) is 0 Å². The molecular formula is C16H14O7.